The molecule has 0 unspecified atom stereocenters. The third kappa shape index (κ3) is 44.3. The van der Waals surface area contributed by atoms with E-state index in [4.69, 9.17) is 61.9 Å². The van der Waals surface area contributed by atoms with Crippen LogP contribution in [0, 0.1) is 0 Å². The monoisotopic (exact) mass is 715 g/mol. The molecular weight excluding hydrogens is 650 g/mol. The van der Waals surface area contributed by atoms with E-state index in [1.807, 2.05) is 20.8 Å². The van der Waals surface area contributed by atoms with Crippen LogP contribution in [0.1, 0.15) is 46.5 Å². The van der Waals surface area contributed by atoms with Crippen molar-refractivity contribution in [3.63, 3.8) is 0 Å². The van der Waals surface area contributed by atoms with Crippen molar-refractivity contribution in [1.29, 1.82) is 0 Å². The Bertz CT molecular complexity index is 712. The summed E-state index contributed by atoms with van der Waals surface area (Å²) in [4.78, 5) is 21.8. The molecule has 292 valence electrons. The zero-order valence-corrected chi connectivity index (χ0v) is 30.3. The van der Waals surface area contributed by atoms with Crippen LogP contribution < -0.4 is 5.32 Å². The first kappa shape index (κ1) is 47.3. The van der Waals surface area contributed by atoms with Crippen LogP contribution in [0.15, 0.2) is 0 Å². The van der Waals surface area contributed by atoms with Crippen molar-refractivity contribution in [1.82, 2.24) is 5.32 Å². The maximum absolute atomic E-state index is 11.5. The van der Waals surface area contributed by atoms with Crippen molar-refractivity contribution in [3.8, 4) is 0 Å². The van der Waals surface area contributed by atoms with Crippen molar-refractivity contribution < 1.29 is 71.5 Å². The Labute approximate surface area is 292 Å². The number of nitrogens with one attached hydrogen (secondary N) is 1. The lowest BCUT2D eigenvalue weighted by molar-refractivity contribution is -0.138. The number of hydrogen-bond acceptors (Lipinski definition) is 14. The van der Waals surface area contributed by atoms with E-state index >= 15 is 0 Å². The van der Waals surface area contributed by atoms with Gasteiger partial charge in [-0.25, -0.2) is 4.79 Å². The molecule has 0 aromatic heterocycles. The Hall–Kier alpha value is -1.70. The quantitative estimate of drug-likeness (QED) is 0.0886. The summed E-state index contributed by atoms with van der Waals surface area (Å²) < 4.78 is 64.9. The Morgan fingerprint density at radius 2 is 0.714 bits per heavy atom. The van der Waals surface area contributed by atoms with E-state index in [1.165, 1.54) is 0 Å². The minimum atomic E-state index is -0.866. The van der Waals surface area contributed by atoms with Crippen LogP contribution in [0.4, 0.5) is 4.79 Å². The van der Waals surface area contributed by atoms with Gasteiger partial charge in [0.1, 0.15) is 5.60 Å². The summed E-state index contributed by atoms with van der Waals surface area (Å²) in [6, 6.07) is 0. The molecule has 0 rings (SSSR count). The minimum absolute atomic E-state index is 0.00745. The minimum Gasteiger partial charge on any atom is -0.481 e. The number of alkyl carbamates (subject to hydrolysis) is 1. The lowest BCUT2D eigenvalue weighted by atomic mass is 10.2. The summed E-state index contributed by atoms with van der Waals surface area (Å²) in [5.41, 5.74) is -0.514. The maximum atomic E-state index is 11.5. The van der Waals surface area contributed by atoms with Gasteiger partial charge in [0.05, 0.1) is 139 Å². The average Bonchev–Trinajstić information content (AvgIpc) is 3.05. The molecule has 0 heterocycles. The highest BCUT2D eigenvalue weighted by atomic mass is 16.6. The molecule has 0 fully saturated rings. The van der Waals surface area contributed by atoms with Gasteiger partial charge < -0.3 is 67.3 Å². The Kier molecular flexibility index (Phi) is 36.2. The van der Waals surface area contributed by atoms with Gasteiger partial charge in [0, 0.05) is 19.8 Å². The number of hydrogen-bond donors (Lipinski definition) is 2. The number of carboxylic acid groups (broad SMARTS) is 1. The van der Waals surface area contributed by atoms with Crippen LogP contribution in [-0.4, -0.2) is 175 Å². The lowest BCUT2D eigenvalue weighted by Gasteiger charge is -2.19. The molecule has 0 spiro atoms. The van der Waals surface area contributed by atoms with Gasteiger partial charge in [-0.15, -0.1) is 0 Å². The van der Waals surface area contributed by atoms with Gasteiger partial charge in [0.15, 0.2) is 0 Å². The van der Waals surface area contributed by atoms with Crippen molar-refractivity contribution in [2.75, 3.05) is 152 Å². The fourth-order valence-electron chi connectivity index (χ4n) is 3.47. The van der Waals surface area contributed by atoms with Crippen LogP contribution in [-0.2, 0) is 61.6 Å². The summed E-state index contributed by atoms with van der Waals surface area (Å²) in [7, 11) is 0. The van der Waals surface area contributed by atoms with Crippen molar-refractivity contribution in [2.45, 2.75) is 52.1 Å². The van der Waals surface area contributed by atoms with Gasteiger partial charge in [0.2, 0.25) is 0 Å². The highest BCUT2D eigenvalue weighted by Gasteiger charge is 2.15. The van der Waals surface area contributed by atoms with Gasteiger partial charge in [-0.2, -0.15) is 0 Å². The van der Waals surface area contributed by atoms with Crippen LogP contribution in [0.5, 0.6) is 0 Å². The predicted octanol–water partition coefficient (Wildman–Crippen LogP) is 2.34. The third-order valence-corrected chi connectivity index (χ3v) is 5.80. The van der Waals surface area contributed by atoms with Crippen LogP contribution in [0.3, 0.4) is 0 Å². The Morgan fingerprint density at radius 3 is 1.02 bits per heavy atom. The number of amides is 1. The predicted molar refractivity (Wildman–Crippen MR) is 179 cm³/mol. The highest BCUT2D eigenvalue weighted by molar-refractivity contribution is 5.67. The smallest absolute Gasteiger partial charge is 0.407 e. The SMILES string of the molecule is CC(C)(C)OC(=O)NCCOCCOCCOCCOCCOCCOCCOCCOCCCCCOCCOCCOCCC(=O)O. The number of carbonyl (C=O) groups is 2. The highest BCUT2D eigenvalue weighted by Crippen LogP contribution is 2.06. The molecule has 0 saturated carbocycles. The van der Waals surface area contributed by atoms with Crippen LogP contribution >= 0.6 is 0 Å². The summed E-state index contributed by atoms with van der Waals surface area (Å²) in [6.07, 6.45) is 2.53. The molecule has 16 heteroatoms. The number of rotatable bonds is 39. The lowest BCUT2D eigenvalue weighted by Crippen LogP contribution is -2.34. The first-order valence-corrected chi connectivity index (χ1v) is 17.3. The molecule has 0 saturated heterocycles. The van der Waals surface area contributed by atoms with Gasteiger partial charge >= 0.3 is 12.1 Å². The van der Waals surface area contributed by atoms with E-state index in [-0.39, 0.29) is 13.0 Å². The molecule has 16 nitrogen and oxygen atoms in total. The van der Waals surface area contributed by atoms with E-state index < -0.39 is 17.7 Å². The topological polar surface area (TPSA) is 177 Å². The van der Waals surface area contributed by atoms with Gasteiger partial charge in [-0.1, -0.05) is 0 Å². The second kappa shape index (κ2) is 37.6. The largest absolute Gasteiger partial charge is 0.481 e. The van der Waals surface area contributed by atoms with Crippen LogP contribution in [0.25, 0.3) is 0 Å². The zero-order valence-electron chi connectivity index (χ0n) is 30.3. The van der Waals surface area contributed by atoms with Crippen molar-refractivity contribution in [3.05, 3.63) is 0 Å². The molecule has 0 bridgehead atoms. The number of carboxylic acids is 1. The first-order valence-electron chi connectivity index (χ1n) is 17.3. The normalized spacial score (nSPS) is 11.7. The summed E-state index contributed by atoms with van der Waals surface area (Å²) in [5, 5.41) is 11.1. The fourth-order valence-corrected chi connectivity index (χ4v) is 3.47. The van der Waals surface area contributed by atoms with E-state index in [0.717, 1.165) is 19.3 Å². The van der Waals surface area contributed by atoms with E-state index in [2.05, 4.69) is 5.32 Å². The van der Waals surface area contributed by atoms with Crippen LogP contribution in [0.2, 0.25) is 0 Å². The standard InChI is InChI=1S/C33H65NO15/c1-33(2,3)49-32(37)34-8-12-41-16-20-44-22-24-46-26-28-48-30-29-47-27-25-45-23-21-43-18-14-39-10-6-4-5-9-38-13-17-42-19-15-40-11-7-31(35)36/h4-30H2,1-3H3,(H,34,37)(H,35,36). The second-order valence-electron chi connectivity index (χ2n) is 11.4. The van der Waals surface area contributed by atoms with Crippen molar-refractivity contribution >= 4 is 12.1 Å². The molecule has 0 aromatic carbocycles. The fraction of sp³-hybridized carbons (Fsp3) is 0.939. The zero-order chi connectivity index (χ0) is 35.9. The second-order valence-corrected chi connectivity index (χ2v) is 11.4. The molecular formula is C33H65NO15. The summed E-state index contributed by atoms with van der Waals surface area (Å²) >= 11 is 0. The number of aliphatic carboxylic acids is 1. The molecule has 0 aliphatic rings. The van der Waals surface area contributed by atoms with Gasteiger partial charge in [-0.3, -0.25) is 4.79 Å². The summed E-state index contributed by atoms with van der Waals surface area (Å²) in [6.45, 7) is 16.5. The van der Waals surface area contributed by atoms with Gasteiger partial charge in [0.25, 0.3) is 0 Å². The molecule has 0 aliphatic carbocycles. The molecule has 0 aromatic rings. The molecule has 1 amide bonds. The van der Waals surface area contributed by atoms with E-state index in [0.29, 0.717) is 145 Å². The number of carbonyl (C=O) groups excluding carboxylic acids is 1. The Balaban J connectivity index is 3.10. The molecule has 2 N–H and O–H groups in total. The summed E-state index contributed by atoms with van der Waals surface area (Å²) in [5.74, 6) is -0.866. The third-order valence-electron chi connectivity index (χ3n) is 5.80. The average molecular weight is 716 g/mol. The molecule has 0 atom stereocenters. The number of unbranched alkanes of at least 4 members (excludes halogenated alkanes) is 2. The van der Waals surface area contributed by atoms with E-state index in [1.54, 1.807) is 0 Å². The van der Waals surface area contributed by atoms with Gasteiger partial charge in [-0.05, 0) is 40.0 Å². The molecule has 49 heavy (non-hydrogen) atoms. The molecule has 0 radical (unpaired) electrons. The molecule has 0 aliphatic heterocycles. The first-order chi connectivity index (χ1) is 23.8. The van der Waals surface area contributed by atoms with E-state index in [9.17, 15) is 9.59 Å². The maximum Gasteiger partial charge on any atom is 0.407 e. The number of ether oxygens (including phenoxy) is 12. The Morgan fingerprint density at radius 1 is 0.429 bits per heavy atom. The van der Waals surface area contributed by atoms with Crippen molar-refractivity contribution in [2.24, 2.45) is 0 Å².